The molecule has 5 heteroatoms. The van der Waals surface area contributed by atoms with Crippen molar-refractivity contribution in [3.05, 3.63) is 29.6 Å². The van der Waals surface area contributed by atoms with Crippen LogP contribution in [0.15, 0.2) is 18.5 Å². The van der Waals surface area contributed by atoms with Crippen molar-refractivity contribution in [3.8, 4) is 11.8 Å². The van der Waals surface area contributed by atoms with Gasteiger partial charge in [0.1, 0.15) is 0 Å². The minimum absolute atomic E-state index is 0.0114. The SMILES string of the molecule is CC1CN(C(=O)c2ccncc2C#CCCO)CCCO1. The first-order chi connectivity index (χ1) is 10.2. The van der Waals surface area contributed by atoms with Crippen molar-refractivity contribution in [2.24, 2.45) is 0 Å². The first-order valence-electron chi connectivity index (χ1n) is 7.17. The molecule has 1 aliphatic rings. The number of pyridine rings is 1. The van der Waals surface area contributed by atoms with Gasteiger partial charge in [0.2, 0.25) is 0 Å². The maximum absolute atomic E-state index is 12.7. The molecule has 0 saturated carbocycles. The van der Waals surface area contributed by atoms with Gasteiger partial charge in [-0.3, -0.25) is 9.78 Å². The van der Waals surface area contributed by atoms with E-state index in [9.17, 15) is 4.79 Å². The number of carbonyl (C=O) groups is 1. The lowest BCUT2D eigenvalue weighted by Crippen LogP contribution is -2.36. The van der Waals surface area contributed by atoms with Crippen LogP contribution in [-0.4, -0.2) is 53.3 Å². The average molecular weight is 288 g/mol. The number of hydrogen-bond acceptors (Lipinski definition) is 4. The lowest BCUT2D eigenvalue weighted by Gasteiger charge is -2.22. The summed E-state index contributed by atoms with van der Waals surface area (Å²) in [7, 11) is 0. The minimum atomic E-state index is -0.0388. The zero-order valence-electron chi connectivity index (χ0n) is 12.2. The molecule has 1 aromatic rings. The molecule has 1 aromatic heterocycles. The third kappa shape index (κ3) is 4.28. The van der Waals surface area contributed by atoms with Gasteiger partial charge in [-0.1, -0.05) is 11.8 Å². The summed E-state index contributed by atoms with van der Waals surface area (Å²) in [6, 6.07) is 1.70. The molecule has 1 N–H and O–H groups in total. The molecule has 0 aliphatic carbocycles. The van der Waals surface area contributed by atoms with E-state index in [0.717, 1.165) is 6.42 Å². The molecule has 1 unspecified atom stereocenters. The Labute approximate surface area is 124 Å². The van der Waals surface area contributed by atoms with E-state index in [1.165, 1.54) is 0 Å². The van der Waals surface area contributed by atoms with Gasteiger partial charge in [-0.25, -0.2) is 0 Å². The van der Waals surface area contributed by atoms with Gasteiger partial charge in [-0.2, -0.15) is 0 Å². The number of carbonyl (C=O) groups excluding carboxylic acids is 1. The summed E-state index contributed by atoms with van der Waals surface area (Å²) in [6.07, 6.45) is 4.46. The van der Waals surface area contributed by atoms with Gasteiger partial charge >= 0.3 is 0 Å². The molecule has 1 fully saturated rings. The van der Waals surface area contributed by atoms with Crippen LogP contribution in [0.3, 0.4) is 0 Å². The predicted octanol–water partition coefficient (Wildman–Crippen LogP) is 1.07. The Kier molecular flexibility index (Phi) is 5.73. The van der Waals surface area contributed by atoms with E-state index in [0.29, 0.717) is 37.2 Å². The summed E-state index contributed by atoms with van der Waals surface area (Å²) >= 11 is 0. The zero-order chi connectivity index (χ0) is 15.1. The first-order valence-corrected chi connectivity index (χ1v) is 7.17. The number of ether oxygens (including phenoxy) is 1. The largest absolute Gasteiger partial charge is 0.395 e. The van der Waals surface area contributed by atoms with E-state index in [1.54, 1.807) is 18.5 Å². The van der Waals surface area contributed by atoms with E-state index in [1.807, 2.05) is 11.8 Å². The van der Waals surface area contributed by atoms with Crippen LogP contribution >= 0.6 is 0 Å². The van der Waals surface area contributed by atoms with Gasteiger partial charge in [0.05, 0.1) is 23.8 Å². The lowest BCUT2D eigenvalue weighted by atomic mass is 10.1. The molecular weight excluding hydrogens is 268 g/mol. The van der Waals surface area contributed by atoms with Crippen molar-refractivity contribution >= 4 is 5.91 Å². The van der Waals surface area contributed by atoms with Crippen molar-refractivity contribution < 1.29 is 14.6 Å². The molecule has 21 heavy (non-hydrogen) atoms. The third-order valence-corrected chi connectivity index (χ3v) is 3.25. The van der Waals surface area contributed by atoms with Crippen molar-refractivity contribution in [3.63, 3.8) is 0 Å². The monoisotopic (exact) mass is 288 g/mol. The van der Waals surface area contributed by atoms with Crippen LogP contribution < -0.4 is 0 Å². The highest BCUT2D eigenvalue weighted by atomic mass is 16.5. The Hall–Kier alpha value is -1.90. The standard InChI is InChI=1S/C16H20N2O3/c1-13-12-18(8-4-10-21-13)16(20)15-6-7-17-11-14(15)5-2-3-9-19/h6-7,11,13,19H,3-4,8-10,12H2,1H3. The Balaban J connectivity index is 2.20. The zero-order valence-corrected chi connectivity index (χ0v) is 12.2. The quantitative estimate of drug-likeness (QED) is 0.827. The number of hydrogen-bond donors (Lipinski definition) is 1. The Bertz CT molecular complexity index is 548. The number of amides is 1. The van der Waals surface area contributed by atoms with Gasteiger partial charge in [-0.05, 0) is 19.4 Å². The molecule has 1 saturated heterocycles. The molecule has 5 nitrogen and oxygen atoms in total. The smallest absolute Gasteiger partial charge is 0.255 e. The van der Waals surface area contributed by atoms with Gasteiger partial charge < -0.3 is 14.7 Å². The fourth-order valence-electron chi connectivity index (χ4n) is 2.24. The topological polar surface area (TPSA) is 62.7 Å². The van der Waals surface area contributed by atoms with Crippen LogP contribution in [0, 0.1) is 11.8 Å². The highest BCUT2D eigenvalue weighted by molar-refractivity contribution is 5.96. The molecular formula is C16H20N2O3. The van der Waals surface area contributed by atoms with E-state index in [-0.39, 0.29) is 18.6 Å². The van der Waals surface area contributed by atoms with E-state index in [4.69, 9.17) is 9.84 Å². The van der Waals surface area contributed by atoms with Crippen molar-refractivity contribution in [2.45, 2.75) is 25.9 Å². The Morgan fingerprint density at radius 1 is 1.62 bits per heavy atom. The second-order valence-electron chi connectivity index (χ2n) is 4.98. The van der Waals surface area contributed by atoms with Gasteiger partial charge in [-0.15, -0.1) is 0 Å². The van der Waals surface area contributed by atoms with Crippen LogP contribution in [0.5, 0.6) is 0 Å². The van der Waals surface area contributed by atoms with Crippen molar-refractivity contribution in [2.75, 3.05) is 26.3 Å². The second-order valence-corrected chi connectivity index (χ2v) is 4.98. The maximum Gasteiger partial charge on any atom is 0.255 e. The summed E-state index contributed by atoms with van der Waals surface area (Å²) < 4.78 is 5.57. The molecule has 1 atom stereocenters. The van der Waals surface area contributed by atoms with Crippen LogP contribution in [0.25, 0.3) is 0 Å². The van der Waals surface area contributed by atoms with Gasteiger partial charge in [0.25, 0.3) is 5.91 Å². The fraction of sp³-hybridized carbons (Fsp3) is 0.500. The summed E-state index contributed by atoms with van der Waals surface area (Å²) in [4.78, 5) is 18.5. The van der Waals surface area contributed by atoms with E-state index in [2.05, 4.69) is 16.8 Å². The van der Waals surface area contributed by atoms with Gasteiger partial charge in [0, 0.05) is 38.5 Å². The molecule has 0 radical (unpaired) electrons. The molecule has 1 amide bonds. The molecule has 112 valence electrons. The van der Waals surface area contributed by atoms with Crippen molar-refractivity contribution in [1.82, 2.24) is 9.88 Å². The maximum atomic E-state index is 12.7. The Morgan fingerprint density at radius 3 is 3.29 bits per heavy atom. The average Bonchev–Trinajstić information content (AvgIpc) is 2.72. The molecule has 2 rings (SSSR count). The highest BCUT2D eigenvalue weighted by Gasteiger charge is 2.22. The lowest BCUT2D eigenvalue weighted by molar-refractivity contribution is 0.0562. The summed E-state index contributed by atoms with van der Waals surface area (Å²) in [5, 5.41) is 8.78. The second kappa shape index (κ2) is 7.77. The van der Waals surface area contributed by atoms with Crippen LogP contribution in [0.2, 0.25) is 0 Å². The van der Waals surface area contributed by atoms with Crippen LogP contribution in [0.4, 0.5) is 0 Å². The normalized spacial score (nSPS) is 18.6. The summed E-state index contributed by atoms with van der Waals surface area (Å²) in [5.74, 6) is 5.71. The van der Waals surface area contributed by atoms with Crippen LogP contribution in [-0.2, 0) is 4.74 Å². The molecule has 0 spiro atoms. The number of aliphatic hydroxyl groups is 1. The minimum Gasteiger partial charge on any atom is -0.395 e. The number of rotatable bonds is 2. The Morgan fingerprint density at radius 2 is 2.48 bits per heavy atom. The predicted molar refractivity (Wildman–Crippen MR) is 78.8 cm³/mol. The molecule has 1 aliphatic heterocycles. The first kappa shape index (κ1) is 15.5. The molecule has 2 heterocycles. The summed E-state index contributed by atoms with van der Waals surface area (Å²) in [5.41, 5.74) is 1.17. The van der Waals surface area contributed by atoms with Crippen LogP contribution in [0.1, 0.15) is 35.7 Å². The van der Waals surface area contributed by atoms with E-state index < -0.39 is 0 Å². The molecule has 0 aromatic carbocycles. The molecule has 0 bridgehead atoms. The van der Waals surface area contributed by atoms with Crippen molar-refractivity contribution in [1.29, 1.82) is 0 Å². The third-order valence-electron chi connectivity index (χ3n) is 3.25. The number of nitrogens with zero attached hydrogens (tertiary/aromatic N) is 2. The summed E-state index contributed by atoms with van der Waals surface area (Å²) in [6.45, 7) is 3.95. The number of aromatic nitrogens is 1. The van der Waals surface area contributed by atoms with Gasteiger partial charge in [0.15, 0.2) is 0 Å². The van der Waals surface area contributed by atoms with E-state index >= 15 is 0 Å². The highest BCUT2D eigenvalue weighted by Crippen LogP contribution is 2.13. The number of aliphatic hydroxyl groups excluding tert-OH is 1. The fourth-order valence-corrected chi connectivity index (χ4v) is 2.24.